The fraction of sp³-hybridized carbons (Fsp3) is 0. The smallest absolute Gasteiger partial charge is 0.169 e. The van der Waals surface area contributed by atoms with E-state index in [0.29, 0.717) is 11.5 Å². The number of aromatic hydroxyl groups is 1. The first-order chi connectivity index (χ1) is 12.8. The zero-order valence-electron chi connectivity index (χ0n) is 14.3. The fourth-order valence-electron chi connectivity index (χ4n) is 2.42. The molecule has 2 nitrogen and oxygen atoms in total. The quantitative estimate of drug-likeness (QED) is 0.459. The number of benzene rings is 4. The Morgan fingerprint density at radius 3 is 1.38 bits per heavy atom. The Balaban J connectivity index is 0.000000152. The van der Waals surface area contributed by atoms with Gasteiger partial charge in [0.15, 0.2) is 11.5 Å². The number of phenolic OH excluding ortho intramolecular Hbond substituents is 1. The molecule has 0 saturated carbocycles. The molecule has 0 radical (unpaired) electrons. The Labute approximate surface area is 154 Å². The Morgan fingerprint density at radius 1 is 0.462 bits per heavy atom. The van der Waals surface area contributed by atoms with Crippen LogP contribution in [0.1, 0.15) is 0 Å². The maximum Gasteiger partial charge on any atom is 0.169 e. The zero-order valence-corrected chi connectivity index (χ0v) is 14.3. The van der Waals surface area contributed by atoms with Crippen molar-refractivity contribution in [1.82, 2.24) is 0 Å². The number of hydrogen-bond acceptors (Lipinski definition) is 2. The molecule has 0 aliphatic heterocycles. The van der Waals surface area contributed by atoms with Crippen LogP contribution < -0.4 is 4.74 Å². The minimum atomic E-state index is 0.149. The van der Waals surface area contributed by atoms with Gasteiger partial charge in [-0.3, -0.25) is 0 Å². The summed E-state index contributed by atoms with van der Waals surface area (Å²) in [5.41, 5.74) is 2.55. The summed E-state index contributed by atoms with van der Waals surface area (Å²) in [5, 5.41) is 9.45. The third-order valence-electron chi connectivity index (χ3n) is 3.72. The average Bonchev–Trinajstić information content (AvgIpc) is 2.72. The molecule has 4 rings (SSSR count). The molecule has 0 bridgehead atoms. The van der Waals surface area contributed by atoms with E-state index in [2.05, 4.69) is 48.5 Å². The molecular weight excluding hydrogens is 320 g/mol. The van der Waals surface area contributed by atoms with E-state index in [1.807, 2.05) is 48.5 Å². The van der Waals surface area contributed by atoms with E-state index in [1.54, 1.807) is 18.2 Å². The highest BCUT2D eigenvalue weighted by atomic mass is 16.5. The van der Waals surface area contributed by atoms with Crippen molar-refractivity contribution in [1.29, 1.82) is 0 Å². The summed E-state index contributed by atoms with van der Waals surface area (Å²) >= 11 is 0. The van der Waals surface area contributed by atoms with Crippen LogP contribution in [-0.2, 0) is 0 Å². The number of phenols is 1. The molecule has 0 aliphatic rings. The molecule has 0 unspecified atom stereocenters. The lowest BCUT2D eigenvalue weighted by Gasteiger charge is -2.06. The second-order valence-corrected chi connectivity index (χ2v) is 5.61. The molecule has 0 aliphatic carbocycles. The van der Waals surface area contributed by atoms with Crippen LogP contribution >= 0.6 is 0 Å². The first-order valence-electron chi connectivity index (χ1n) is 8.44. The molecule has 0 fully saturated rings. The molecule has 0 heterocycles. The highest BCUT2D eigenvalue weighted by molar-refractivity contribution is 5.62. The molecule has 0 atom stereocenters. The summed E-state index contributed by atoms with van der Waals surface area (Å²) in [4.78, 5) is 0. The first-order valence-corrected chi connectivity index (χ1v) is 8.44. The lowest BCUT2D eigenvalue weighted by atomic mass is 10.1. The SMILES string of the molecule is Oc1ccccc1Oc1ccccc1.c1ccc(-c2ccccc2)cc1. The summed E-state index contributed by atoms with van der Waals surface area (Å²) in [6, 6.07) is 37.0. The van der Waals surface area contributed by atoms with Crippen molar-refractivity contribution in [2.45, 2.75) is 0 Å². The first kappa shape index (κ1) is 17.3. The van der Waals surface area contributed by atoms with Crippen molar-refractivity contribution >= 4 is 0 Å². The van der Waals surface area contributed by atoms with Gasteiger partial charge < -0.3 is 9.84 Å². The van der Waals surface area contributed by atoms with Gasteiger partial charge in [0.25, 0.3) is 0 Å². The van der Waals surface area contributed by atoms with E-state index in [9.17, 15) is 5.11 Å². The number of rotatable bonds is 3. The van der Waals surface area contributed by atoms with E-state index < -0.39 is 0 Å². The van der Waals surface area contributed by atoms with Crippen LogP contribution in [0.15, 0.2) is 115 Å². The summed E-state index contributed by atoms with van der Waals surface area (Å²) < 4.78 is 5.46. The maximum atomic E-state index is 9.45. The van der Waals surface area contributed by atoms with Crippen LogP contribution in [0.4, 0.5) is 0 Å². The van der Waals surface area contributed by atoms with Crippen molar-refractivity contribution in [2.24, 2.45) is 0 Å². The Bertz CT molecular complexity index is 867. The minimum Gasteiger partial charge on any atom is -0.504 e. The minimum absolute atomic E-state index is 0.149. The van der Waals surface area contributed by atoms with E-state index in [0.717, 1.165) is 0 Å². The Morgan fingerprint density at radius 2 is 0.885 bits per heavy atom. The Kier molecular flexibility index (Phi) is 6.05. The standard InChI is InChI=1S/C12H10O2.C12H10/c13-11-8-4-5-9-12(11)14-10-6-2-1-3-7-10;1-3-7-11(8-4-1)12-9-5-2-6-10-12/h1-9,13H;1-10H. The molecule has 0 saturated heterocycles. The van der Waals surface area contributed by atoms with Gasteiger partial charge in [-0.15, -0.1) is 0 Å². The van der Waals surface area contributed by atoms with Crippen LogP contribution in [0.2, 0.25) is 0 Å². The highest BCUT2D eigenvalue weighted by Gasteiger charge is 2.00. The second kappa shape index (κ2) is 9.09. The Hall–Kier alpha value is -3.52. The van der Waals surface area contributed by atoms with Gasteiger partial charge in [-0.05, 0) is 35.4 Å². The number of para-hydroxylation sites is 3. The van der Waals surface area contributed by atoms with E-state index in [-0.39, 0.29) is 5.75 Å². The molecule has 128 valence electrons. The lowest BCUT2D eigenvalue weighted by molar-refractivity contribution is 0.411. The van der Waals surface area contributed by atoms with E-state index >= 15 is 0 Å². The fourth-order valence-corrected chi connectivity index (χ4v) is 2.42. The predicted octanol–water partition coefficient (Wildman–Crippen LogP) is 6.54. The van der Waals surface area contributed by atoms with Gasteiger partial charge in [0, 0.05) is 0 Å². The second-order valence-electron chi connectivity index (χ2n) is 5.61. The van der Waals surface area contributed by atoms with Crippen LogP contribution in [0.5, 0.6) is 17.2 Å². The largest absolute Gasteiger partial charge is 0.504 e. The number of ether oxygens (including phenoxy) is 1. The van der Waals surface area contributed by atoms with Gasteiger partial charge >= 0.3 is 0 Å². The van der Waals surface area contributed by atoms with Crippen LogP contribution in [0, 0.1) is 0 Å². The predicted molar refractivity (Wildman–Crippen MR) is 107 cm³/mol. The topological polar surface area (TPSA) is 29.5 Å². The van der Waals surface area contributed by atoms with E-state index in [1.165, 1.54) is 11.1 Å². The zero-order chi connectivity index (χ0) is 18.0. The van der Waals surface area contributed by atoms with Gasteiger partial charge in [-0.1, -0.05) is 91.0 Å². The monoisotopic (exact) mass is 340 g/mol. The molecule has 0 amide bonds. The van der Waals surface area contributed by atoms with Crippen molar-refractivity contribution in [3.8, 4) is 28.4 Å². The highest BCUT2D eigenvalue weighted by Crippen LogP contribution is 2.29. The van der Waals surface area contributed by atoms with Gasteiger partial charge in [0.2, 0.25) is 0 Å². The third kappa shape index (κ3) is 4.99. The molecule has 0 aromatic heterocycles. The summed E-state index contributed by atoms with van der Waals surface area (Å²) in [7, 11) is 0. The van der Waals surface area contributed by atoms with E-state index in [4.69, 9.17) is 4.74 Å². The maximum absolute atomic E-state index is 9.45. The normalized spacial score (nSPS) is 9.69. The number of hydrogen-bond donors (Lipinski definition) is 1. The van der Waals surface area contributed by atoms with Crippen molar-refractivity contribution in [3.63, 3.8) is 0 Å². The molecule has 1 N–H and O–H groups in total. The van der Waals surface area contributed by atoms with Crippen LogP contribution in [0.25, 0.3) is 11.1 Å². The summed E-state index contributed by atoms with van der Waals surface area (Å²) in [6.45, 7) is 0. The third-order valence-corrected chi connectivity index (χ3v) is 3.72. The summed E-state index contributed by atoms with van der Waals surface area (Å²) in [6.07, 6.45) is 0. The lowest BCUT2D eigenvalue weighted by Crippen LogP contribution is -1.83. The van der Waals surface area contributed by atoms with Gasteiger partial charge in [0.05, 0.1) is 0 Å². The van der Waals surface area contributed by atoms with Crippen molar-refractivity contribution in [2.75, 3.05) is 0 Å². The average molecular weight is 340 g/mol. The van der Waals surface area contributed by atoms with Crippen LogP contribution in [-0.4, -0.2) is 5.11 Å². The molecule has 4 aromatic carbocycles. The molecule has 4 aromatic rings. The van der Waals surface area contributed by atoms with Gasteiger partial charge in [-0.25, -0.2) is 0 Å². The van der Waals surface area contributed by atoms with Crippen LogP contribution in [0.3, 0.4) is 0 Å². The van der Waals surface area contributed by atoms with Crippen molar-refractivity contribution in [3.05, 3.63) is 115 Å². The molecule has 26 heavy (non-hydrogen) atoms. The van der Waals surface area contributed by atoms with Crippen molar-refractivity contribution < 1.29 is 9.84 Å². The molecule has 2 heteroatoms. The van der Waals surface area contributed by atoms with Gasteiger partial charge in [0.1, 0.15) is 5.75 Å². The molecule has 0 spiro atoms. The van der Waals surface area contributed by atoms with Gasteiger partial charge in [-0.2, -0.15) is 0 Å². The summed E-state index contributed by atoms with van der Waals surface area (Å²) in [5.74, 6) is 1.34. The molecular formula is C24H20O2.